The third kappa shape index (κ3) is 6.18. The quantitative estimate of drug-likeness (QED) is 0.0662. The van der Waals surface area contributed by atoms with Gasteiger partial charge in [-0.05, 0) is 23.3 Å². The number of amidine groups is 1. The van der Waals surface area contributed by atoms with Crippen LogP contribution < -0.4 is 15.9 Å². The third-order valence-corrected chi connectivity index (χ3v) is 8.45. The van der Waals surface area contributed by atoms with Gasteiger partial charge < -0.3 is 10.9 Å². The first-order chi connectivity index (χ1) is 17.8. The summed E-state index contributed by atoms with van der Waals surface area (Å²) in [6.45, 7) is -0.150. The number of thiophene rings is 1. The number of aromatic nitrogens is 3. The zero-order valence-electron chi connectivity index (χ0n) is 19.2. The molecule has 0 fully saturated rings. The molecule has 1 amide bonds. The molecule has 14 heteroatoms. The highest BCUT2D eigenvalue weighted by Gasteiger charge is 2.23. The van der Waals surface area contributed by atoms with E-state index in [0.717, 1.165) is 21.8 Å². The van der Waals surface area contributed by atoms with Crippen molar-refractivity contribution in [2.45, 2.75) is 23.2 Å². The van der Waals surface area contributed by atoms with Crippen LogP contribution in [-0.2, 0) is 27.8 Å². The van der Waals surface area contributed by atoms with Gasteiger partial charge in [0.15, 0.2) is 5.84 Å². The Labute approximate surface area is 216 Å². The number of nitrogens with one attached hydrogen (secondary N) is 2. The molecule has 0 saturated heterocycles. The third-order valence-electron chi connectivity index (χ3n) is 5.42. The minimum atomic E-state index is -3.81. The molecule has 0 saturated carbocycles. The first-order valence-electron chi connectivity index (χ1n) is 10.9. The smallest absolute Gasteiger partial charge is 0.268 e. The molecule has 192 valence electrons. The van der Waals surface area contributed by atoms with Crippen LogP contribution >= 0.6 is 11.3 Å². The highest BCUT2D eigenvalue weighted by molar-refractivity contribution is 7.91. The first kappa shape index (κ1) is 26.0. The van der Waals surface area contributed by atoms with Crippen LogP contribution in [0.3, 0.4) is 0 Å². The van der Waals surface area contributed by atoms with Gasteiger partial charge in [0.05, 0.1) is 18.4 Å². The Morgan fingerprint density at radius 2 is 1.84 bits per heavy atom. The van der Waals surface area contributed by atoms with Crippen LogP contribution in [0.25, 0.3) is 10.4 Å². The summed E-state index contributed by atoms with van der Waals surface area (Å²) in [6.07, 6.45) is 1.56. The lowest BCUT2D eigenvalue weighted by Gasteiger charge is -2.15. The molecular weight excluding hydrogens is 518 g/mol. The van der Waals surface area contributed by atoms with Gasteiger partial charge >= 0.3 is 0 Å². The number of amides is 1. The number of nitrogens with zero attached hydrogens (tertiary/aromatic N) is 4. The molecule has 1 unspecified atom stereocenters. The van der Waals surface area contributed by atoms with E-state index in [1.54, 1.807) is 41.9 Å². The zero-order chi connectivity index (χ0) is 26.4. The van der Waals surface area contributed by atoms with E-state index in [1.807, 2.05) is 30.3 Å². The second kappa shape index (κ2) is 11.3. The number of nitrogens with two attached hydrogens (primary N) is 1. The van der Waals surface area contributed by atoms with Gasteiger partial charge in [0.1, 0.15) is 10.3 Å². The Balaban J connectivity index is 1.45. The highest BCUT2D eigenvalue weighted by Crippen LogP contribution is 2.30. The lowest BCUT2D eigenvalue weighted by Crippen LogP contribution is -2.32. The summed E-state index contributed by atoms with van der Waals surface area (Å²) in [5.41, 5.74) is 9.57. The van der Waals surface area contributed by atoms with Crippen LogP contribution in [0.15, 0.2) is 82.3 Å². The van der Waals surface area contributed by atoms with Crippen molar-refractivity contribution in [3.05, 3.63) is 89.7 Å². The number of carbonyl (C=O) groups is 1. The number of carbonyl (C=O) groups excluding carboxylic acids is 1. The van der Waals surface area contributed by atoms with E-state index in [-0.39, 0.29) is 28.7 Å². The Bertz CT molecular complexity index is 1500. The molecule has 0 aliphatic carbocycles. The van der Waals surface area contributed by atoms with Gasteiger partial charge in [-0.25, -0.2) is 23.3 Å². The van der Waals surface area contributed by atoms with E-state index in [1.165, 1.54) is 10.9 Å². The molecule has 0 aliphatic heterocycles. The maximum atomic E-state index is 12.8. The average Bonchev–Trinajstić information content (AvgIpc) is 3.61. The molecule has 2 aromatic carbocycles. The molecular formula is C23H23N7O5S2. The normalized spacial score (nSPS) is 12.8. The van der Waals surface area contributed by atoms with E-state index in [9.17, 15) is 18.4 Å². The predicted octanol–water partition coefficient (Wildman–Crippen LogP) is 1.87. The number of hydrogen-bond acceptors (Lipinski definition) is 9. The second-order valence-corrected chi connectivity index (χ2v) is 11.0. The van der Waals surface area contributed by atoms with Gasteiger partial charge in [-0.1, -0.05) is 65.0 Å². The summed E-state index contributed by atoms with van der Waals surface area (Å²) in [5, 5.41) is 28.8. The topological polar surface area (TPSA) is 185 Å². The lowest BCUT2D eigenvalue weighted by atomic mass is 10.0. The van der Waals surface area contributed by atoms with Crippen molar-refractivity contribution in [2.24, 2.45) is 10.9 Å². The molecule has 12 nitrogen and oxygen atoms in total. The Kier molecular flexibility index (Phi) is 7.93. The van der Waals surface area contributed by atoms with E-state index in [0.29, 0.717) is 11.1 Å². The van der Waals surface area contributed by atoms with Gasteiger partial charge in [-0.15, -0.1) is 16.4 Å². The second-order valence-electron chi connectivity index (χ2n) is 7.88. The van der Waals surface area contributed by atoms with Crippen LogP contribution in [0.2, 0.25) is 0 Å². The number of sulfonamides is 1. The maximum absolute atomic E-state index is 12.8. The van der Waals surface area contributed by atoms with Crippen molar-refractivity contribution in [1.82, 2.24) is 25.2 Å². The molecule has 2 aromatic heterocycles. The molecule has 37 heavy (non-hydrogen) atoms. The van der Waals surface area contributed by atoms with Gasteiger partial charge in [-0.2, -0.15) is 0 Å². The Morgan fingerprint density at radius 3 is 2.51 bits per heavy atom. The summed E-state index contributed by atoms with van der Waals surface area (Å²) in [7, 11) is -3.81. The zero-order valence-corrected chi connectivity index (χ0v) is 20.9. The molecule has 0 bridgehead atoms. The first-order valence-corrected chi connectivity index (χ1v) is 13.2. The van der Waals surface area contributed by atoms with E-state index < -0.39 is 22.0 Å². The van der Waals surface area contributed by atoms with Crippen molar-refractivity contribution < 1.29 is 23.6 Å². The fraction of sp³-hybridized carbons (Fsp3) is 0.130. The van der Waals surface area contributed by atoms with Gasteiger partial charge in [-0.3, -0.25) is 10.0 Å². The molecule has 0 aliphatic rings. The van der Waals surface area contributed by atoms with E-state index >= 15 is 0 Å². The maximum Gasteiger partial charge on any atom is 0.268 e. The number of hydrogen-bond donors (Lipinski definition) is 5. The number of benzene rings is 2. The summed E-state index contributed by atoms with van der Waals surface area (Å²) < 4.78 is 29.5. The minimum Gasteiger partial charge on any atom is -0.409 e. The summed E-state index contributed by atoms with van der Waals surface area (Å²) in [6, 6.07) is 18.4. The Morgan fingerprint density at radius 1 is 1.11 bits per heavy atom. The average molecular weight is 542 g/mol. The summed E-state index contributed by atoms with van der Waals surface area (Å²) in [4.78, 5) is 13.2. The van der Waals surface area contributed by atoms with E-state index in [2.05, 4.69) is 20.2 Å². The van der Waals surface area contributed by atoms with Gasteiger partial charge in [0, 0.05) is 16.9 Å². The van der Waals surface area contributed by atoms with Crippen LogP contribution in [0.4, 0.5) is 0 Å². The lowest BCUT2D eigenvalue weighted by molar-refractivity contribution is -0.133. The molecule has 1 atom stereocenters. The highest BCUT2D eigenvalue weighted by atomic mass is 32.2. The van der Waals surface area contributed by atoms with Crippen molar-refractivity contribution in [1.29, 1.82) is 0 Å². The van der Waals surface area contributed by atoms with Crippen molar-refractivity contribution in [3.8, 4) is 10.4 Å². The number of hydroxylamine groups is 1. The summed E-state index contributed by atoms with van der Waals surface area (Å²) >= 11 is 1.15. The minimum absolute atomic E-state index is 0.0570. The SMILES string of the molecule is NC(=NO)c1ccc(CC(C(=O)NO)n2cc(CNS(=O)(=O)c3ccc(-c4ccccc4)s3)nn2)cc1. The largest absolute Gasteiger partial charge is 0.409 e. The molecule has 0 spiro atoms. The fourth-order valence-corrected chi connectivity index (χ4v) is 5.84. The van der Waals surface area contributed by atoms with Gasteiger partial charge in [0.2, 0.25) is 10.0 Å². The number of oxime groups is 1. The van der Waals surface area contributed by atoms with Crippen molar-refractivity contribution in [3.63, 3.8) is 0 Å². The number of rotatable bonds is 10. The molecule has 4 rings (SSSR count). The van der Waals surface area contributed by atoms with E-state index in [4.69, 9.17) is 10.9 Å². The molecule has 2 heterocycles. The van der Waals surface area contributed by atoms with Crippen LogP contribution in [0, 0.1) is 0 Å². The van der Waals surface area contributed by atoms with Crippen LogP contribution in [-0.4, -0.2) is 45.6 Å². The van der Waals surface area contributed by atoms with Crippen molar-refractivity contribution >= 4 is 33.1 Å². The Hall–Kier alpha value is -4.11. The van der Waals surface area contributed by atoms with Crippen molar-refractivity contribution in [2.75, 3.05) is 0 Å². The molecule has 6 N–H and O–H groups in total. The molecule has 4 aromatic rings. The standard InChI is InChI=1S/C23H23N7O5S2/c24-22(27-32)17-8-6-15(7-9-17)12-19(23(31)28-33)30-14-18(26-29-30)13-25-37(34,35)21-11-10-20(36-21)16-4-2-1-3-5-16/h1-11,14,19,25,32-33H,12-13H2,(H2,24,27)(H,28,31). The van der Waals surface area contributed by atoms with Crippen LogP contribution in [0.1, 0.15) is 22.9 Å². The summed E-state index contributed by atoms with van der Waals surface area (Å²) in [5.74, 6) is -0.789. The van der Waals surface area contributed by atoms with Crippen LogP contribution in [0.5, 0.6) is 0 Å². The van der Waals surface area contributed by atoms with Gasteiger partial charge in [0.25, 0.3) is 5.91 Å². The molecule has 0 radical (unpaired) electrons. The fourth-order valence-electron chi connectivity index (χ4n) is 3.48. The monoisotopic (exact) mass is 541 g/mol. The predicted molar refractivity (Wildman–Crippen MR) is 135 cm³/mol.